The van der Waals surface area contributed by atoms with Crippen molar-refractivity contribution in [1.82, 2.24) is 15.6 Å². The molecule has 0 saturated carbocycles. The first-order valence-electron chi connectivity index (χ1n) is 13.3. The zero-order valence-corrected chi connectivity index (χ0v) is 22.7. The summed E-state index contributed by atoms with van der Waals surface area (Å²) >= 11 is 0. The lowest BCUT2D eigenvalue weighted by molar-refractivity contribution is -0.138. The summed E-state index contributed by atoms with van der Waals surface area (Å²) < 4.78 is 0. The van der Waals surface area contributed by atoms with E-state index in [2.05, 4.69) is 58.2 Å². The molecule has 1 aromatic heterocycles. The van der Waals surface area contributed by atoms with E-state index in [4.69, 9.17) is 0 Å². The fourth-order valence-corrected chi connectivity index (χ4v) is 4.52. The van der Waals surface area contributed by atoms with E-state index in [1.807, 2.05) is 43.3 Å². The molecular weight excluding hydrogens is 504 g/mol. The number of amides is 2. The number of rotatable bonds is 12. The second-order valence-corrected chi connectivity index (χ2v) is 9.93. The SMILES string of the molecule is Cc1ccnc(NCCCC(=O)NCC(=O)N[C@@H](CC(=O)O)c2cccc(-c3ccc4cc(C)ccc4c3)c2)c1. The van der Waals surface area contributed by atoms with E-state index in [1.54, 1.807) is 12.3 Å². The largest absolute Gasteiger partial charge is 0.481 e. The Kier molecular flexibility index (Phi) is 9.46. The van der Waals surface area contributed by atoms with Gasteiger partial charge >= 0.3 is 5.97 Å². The molecule has 8 nitrogen and oxygen atoms in total. The lowest BCUT2D eigenvalue weighted by atomic mass is 9.96. The van der Waals surface area contributed by atoms with Crippen LogP contribution in [0.5, 0.6) is 0 Å². The van der Waals surface area contributed by atoms with Gasteiger partial charge in [0, 0.05) is 19.2 Å². The molecule has 0 aliphatic carbocycles. The standard InChI is InChI=1S/C32H34N4O4/c1-21-8-9-25-17-26(11-10-24(25)15-21)23-5-3-6-27(18-23)28(19-32(39)40)36-31(38)20-35-30(37)7-4-13-33-29-16-22(2)12-14-34-29/h3,5-6,8-12,14-18,28H,4,7,13,19-20H2,1-2H3,(H,33,34)(H,35,37)(H,36,38)(H,39,40)/t28-/m0/s1. The molecule has 0 radical (unpaired) electrons. The van der Waals surface area contributed by atoms with Gasteiger partial charge in [0.1, 0.15) is 5.82 Å². The van der Waals surface area contributed by atoms with Crippen LogP contribution in [0.1, 0.15) is 42.0 Å². The van der Waals surface area contributed by atoms with E-state index in [0.717, 1.165) is 33.3 Å². The Balaban J connectivity index is 1.33. The summed E-state index contributed by atoms with van der Waals surface area (Å²) in [4.78, 5) is 40.7. The number of anilines is 1. The van der Waals surface area contributed by atoms with Crippen molar-refractivity contribution in [2.45, 2.75) is 39.2 Å². The maximum atomic E-state index is 12.6. The molecule has 4 N–H and O–H groups in total. The van der Waals surface area contributed by atoms with Gasteiger partial charge in [-0.1, -0.05) is 54.1 Å². The van der Waals surface area contributed by atoms with Crippen LogP contribution >= 0.6 is 0 Å². The molecular formula is C32H34N4O4. The summed E-state index contributed by atoms with van der Waals surface area (Å²) in [6.07, 6.45) is 2.27. The Labute approximate surface area is 233 Å². The van der Waals surface area contributed by atoms with Crippen LogP contribution in [0.3, 0.4) is 0 Å². The van der Waals surface area contributed by atoms with E-state index >= 15 is 0 Å². The number of pyridine rings is 1. The lowest BCUT2D eigenvalue weighted by Crippen LogP contribution is -2.39. The van der Waals surface area contributed by atoms with Crippen LogP contribution in [0.4, 0.5) is 5.82 Å². The second-order valence-electron chi connectivity index (χ2n) is 9.93. The first kappa shape index (κ1) is 28.3. The molecule has 1 atom stereocenters. The highest BCUT2D eigenvalue weighted by Crippen LogP contribution is 2.28. The highest BCUT2D eigenvalue weighted by Gasteiger charge is 2.19. The minimum absolute atomic E-state index is 0.231. The van der Waals surface area contributed by atoms with Gasteiger partial charge in [0.2, 0.25) is 11.8 Å². The quantitative estimate of drug-likeness (QED) is 0.185. The maximum Gasteiger partial charge on any atom is 0.305 e. The van der Waals surface area contributed by atoms with Crippen LogP contribution < -0.4 is 16.0 Å². The number of aromatic nitrogens is 1. The number of benzene rings is 3. The number of carboxylic acids is 1. The van der Waals surface area contributed by atoms with Crippen LogP contribution in [-0.2, 0) is 14.4 Å². The summed E-state index contributed by atoms with van der Waals surface area (Å²) in [5, 5.41) is 20.3. The summed E-state index contributed by atoms with van der Waals surface area (Å²) in [6, 6.07) is 23.1. The number of carbonyl (C=O) groups is 3. The van der Waals surface area contributed by atoms with Gasteiger partial charge in [-0.25, -0.2) is 4.98 Å². The van der Waals surface area contributed by atoms with Crippen molar-refractivity contribution in [3.05, 3.63) is 95.7 Å². The molecule has 1 heterocycles. The van der Waals surface area contributed by atoms with E-state index in [-0.39, 0.29) is 25.3 Å². The maximum absolute atomic E-state index is 12.6. The van der Waals surface area contributed by atoms with Crippen LogP contribution in [-0.4, -0.2) is 41.0 Å². The predicted octanol–water partition coefficient (Wildman–Crippen LogP) is 5.16. The fraction of sp³-hybridized carbons (Fsp3) is 0.250. The summed E-state index contributed by atoms with van der Waals surface area (Å²) in [5.74, 6) is -0.981. The lowest BCUT2D eigenvalue weighted by Gasteiger charge is -2.19. The minimum Gasteiger partial charge on any atom is -0.481 e. The zero-order valence-electron chi connectivity index (χ0n) is 22.7. The Morgan fingerprint density at radius 2 is 1.60 bits per heavy atom. The Morgan fingerprint density at radius 1 is 0.850 bits per heavy atom. The summed E-state index contributed by atoms with van der Waals surface area (Å²) in [6.45, 7) is 4.38. The molecule has 0 bridgehead atoms. The average Bonchev–Trinajstić information content (AvgIpc) is 2.93. The fourth-order valence-electron chi connectivity index (χ4n) is 4.52. The highest BCUT2D eigenvalue weighted by molar-refractivity contribution is 5.88. The number of nitrogens with zero attached hydrogens (tertiary/aromatic N) is 1. The molecule has 4 rings (SSSR count). The number of nitrogens with one attached hydrogen (secondary N) is 3. The number of carboxylic acid groups (broad SMARTS) is 1. The van der Waals surface area contributed by atoms with E-state index in [1.165, 1.54) is 5.56 Å². The third-order valence-electron chi connectivity index (χ3n) is 6.58. The van der Waals surface area contributed by atoms with Gasteiger partial charge in [0.05, 0.1) is 19.0 Å². The van der Waals surface area contributed by atoms with Gasteiger partial charge in [-0.2, -0.15) is 0 Å². The molecule has 0 aliphatic heterocycles. The normalized spacial score (nSPS) is 11.6. The van der Waals surface area contributed by atoms with Gasteiger partial charge in [0.15, 0.2) is 0 Å². The van der Waals surface area contributed by atoms with Crippen molar-refractivity contribution in [3.8, 4) is 11.1 Å². The van der Waals surface area contributed by atoms with Crippen LogP contribution in [0.25, 0.3) is 21.9 Å². The number of aryl methyl sites for hydroxylation is 2. The third kappa shape index (κ3) is 8.14. The highest BCUT2D eigenvalue weighted by atomic mass is 16.4. The minimum atomic E-state index is -1.03. The monoisotopic (exact) mass is 538 g/mol. The number of hydrogen-bond donors (Lipinski definition) is 4. The smallest absolute Gasteiger partial charge is 0.305 e. The van der Waals surface area contributed by atoms with Crippen LogP contribution in [0, 0.1) is 13.8 Å². The van der Waals surface area contributed by atoms with Gasteiger partial charge in [0.25, 0.3) is 0 Å². The Hall–Kier alpha value is -4.72. The molecule has 206 valence electrons. The Bertz CT molecular complexity index is 1520. The average molecular weight is 539 g/mol. The van der Waals surface area contributed by atoms with Crippen molar-refractivity contribution in [1.29, 1.82) is 0 Å². The molecule has 0 spiro atoms. The molecule has 0 aliphatic rings. The van der Waals surface area contributed by atoms with Gasteiger partial charge < -0.3 is 21.1 Å². The molecule has 4 aromatic rings. The molecule has 2 amide bonds. The molecule has 0 unspecified atom stereocenters. The number of carbonyl (C=O) groups excluding carboxylic acids is 2. The van der Waals surface area contributed by atoms with Gasteiger partial charge in [-0.3, -0.25) is 14.4 Å². The van der Waals surface area contributed by atoms with E-state index in [0.29, 0.717) is 18.5 Å². The molecule has 3 aromatic carbocycles. The third-order valence-corrected chi connectivity index (χ3v) is 6.58. The summed E-state index contributed by atoms with van der Waals surface area (Å²) in [5.41, 5.74) is 4.89. The molecule has 0 fully saturated rings. The zero-order chi connectivity index (χ0) is 28.5. The van der Waals surface area contributed by atoms with E-state index in [9.17, 15) is 19.5 Å². The van der Waals surface area contributed by atoms with E-state index < -0.39 is 17.9 Å². The molecule has 8 heteroatoms. The Morgan fingerprint density at radius 3 is 2.40 bits per heavy atom. The first-order valence-corrected chi connectivity index (χ1v) is 13.3. The first-order chi connectivity index (χ1) is 19.3. The number of aliphatic carboxylic acids is 1. The molecule has 0 saturated heterocycles. The van der Waals surface area contributed by atoms with Crippen molar-refractivity contribution in [2.75, 3.05) is 18.4 Å². The van der Waals surface area contributed by atoms with Crippen molar-refractivity contribution >= 4 is 34.4 Å². The second kappa shape index (κ2) is 13.4. The molecule has 40 heavy (non-hydrogen) atoms. The van der Waals surface area contributed by atoms with Crippen molar-refractivity contribution in [2.24, 2.45) is 0 Å². The number of hydrogen-bond acceptors (Lipinski definition) is 5. The van der Waals surface area contributed by atoms with Crippen molar-refractivity contribution in [3.63, 3.8) is 0 Å². The van der Waals surface area contributed by atoms with Gasteiger partial charge in [-0.05, 0) is 77.6 Å². The van der Waals surface area contributed by atoms with Crippen LogP contribution in [0.2, 0.25) is 0 Å². The predicted molar refractivity (Wildman–Crippen MR) is 157 cm³/mol. The summed E-state index contributed by atoms with van der Waals surface area (Å²) in [7, 11) is 0. The van der Waals surface area contributed by atoms with Crippen LogP contribution in [0.15, 0.2) is 79.0 Å². The number of fused-ring (bicyclic) bond motifs is 1. The van der Waals surface area contributed by atoms with Crippen molar-refractivity contribution < 1.29 is 19.5 Å². The topological polar surface area (TPSA) is 120 Å². The van der Waals surface area contributed by atoms with Gasteiger partial charge in [-0.15, -0.1) is 0 Å².